The van der Waals surface area contributed by atoms with Gasteiger partial charge in [0.1, 0.15) is 5.69 Å². The van der Waals surface area contributed by atoms with Crippen molar-refractivity contribution in [1.82, 2.24) is 9.78 Å². The lowest BCUT2D eigenvalue weighted by atomic mass is 10.2. The molecule has 1 amide bonds. The average molecular weight is 303 g/mol. The molecule has 1 N–H and O–H groups in total. The summed E-state index contributed by atoms with van der Waals surface area (Å²) in [6.07, 6.45) is 2.55. The molecule has 2 rings (SSSR count). The molecule has 0 radical (unpaired) electrons. The summed E-state index contributed by atoms with van der Waals surface area (Å²) in [6, 6.07) is 6.34. The fourth-order valence-electron chi connectivity index (χ4n) is 2.02. The van der Waals surface area contributed by atoms with Crippen LogP contribution < -0.4 is 5.32 Å². The van der Waals surface area contributed by atoms with Crippen LogP contribution in [0, 0.1) is 19.7 Å². The first-order chi connectivity index (χ1) is 10.5. The van der Waals surface area contributed by atoms with Crippen LogP contribution in [0.2, 0.25) is 0 Å². The van der Waals surface area contributed by atoms with E-state index in [0.29, 0.717) is 18.0 Å². The number of hydrogen-bond donors (Lipinski definition) is 1. The van der Waals surface area contributed by atoms with Crippen molar-refractivity contribution in [2.75, 3.05) is 11.9 Å². The molecule has 5 nitrogen and oxygen atoms in total. The lowest BCUT2D eigenvalue weighted by molar-refractivity contribution is -0.112. The topological polar surface area (TPSA) is 56.1 Å². The standard InChI is InChI=1S/C16H18FN3O2/c1-4-22-8-7-16(21)18-13-5-6-15(14(17)10-13)20-12(3)9-11(2)19-20/h5-10H,4H2,1-3H3,(H,18,21)/b8-7+. The molecular formula is C16H18FN3O2. The van der Waals surface area contributed by atoms with Gasteiger partial charge in [-0.05, 0) is 45.0 Å². The molecule has 0 aliphatic heterocycles. The van der Waals surface area contributed by atoms with E-state index in [4.69, 9.17) is 4.74 Å². The van der Waals surface area contributed by atoms with E-state index in [0.717, 1.165) is 11.4 Å². The van der Waals surface area contributed by atoms with Crippen molar-refractivity contribution >= 4 is 11.6 Å². The quantitative estimate of drug-likeness (QED) is 0.682. The van der Waals surface area contributed by atoms with E-state index in [-0.39, 0.29) is 5.91 Å². The highest BCUT2D eigenvalue weighted by Crippen LogP contribution is 2.19. The molecule has 0 saturated carbocycles. The highest BCUT2D eigenvalue weighted by atomic mass is 19.1. The maximum absolute atomic E-state index is 14.2. The third-order valence-corrected chi connectivity index (χ3v) is 2.94. The number of rotatable bonds is 5. The minimum atomic E-state index is -0.460. The molecule has 1 heterocycles. The number of nitrogens with one attached hydrogen (secondary N) is 1. The molecule has 22 heavy (non-hydrogen) atoms. The Morgan fingerprint density at radius 3 is 2.77 bits per heavy atom. The molecule has 0 aliphatic rings. The maximum Gasteiger partial charge on any atom is 0.251 e. The van der Waals surface area contributed by atoms with Gasteiger partial charge in [-0.3, -0.25) is 4.79 Å². The zero-order chi connectivity index (χ0) is 16.1. The van der Waals surface area contributed by atoms with Crippen LogP contribution in [0.3, 0.4) is 0 Å². The van der Waals surface area contributed by atoms with Gasteiger partial charge in [0.15, 0.2) is 5.82 Å². The Balaban J connectivity index is 2.16. The summed E-state index contributed by atoms with van der Waals surface area (Å²) in [4.78, 5) is 11.6. The van der Waals surface area contributed by atoms with E-state index in [1.54, 1.807) is 12.1 Å². The third kappa shape index (κ3) is 3.72. The lowest BCUT2D eigenvalue weighted by Crippen LogP contribution is -2.09. The molecule has 0 unspecified atom stereocenters. The normalized spacial score (nSPS) is 10.9. The van der Waals surface area contributed by atoms with Gasteiger partial charge in [-0.25, -0.2) is 9.07 Å². The van der Waals surface area contributed by atoms with Gasteiger partial charge in [0.2, 0.25) is 0 Å². The number of carbonyl (C=O) groups is 1. The Hall–Kier alpha value is -2.63. The second-order valence-electron chi connectivity index (χ2n) is 4.75. The van der Waals surface area contributed by atoms with Gasteiger partial charge in [-0.15, -0.1) is 0 Å². The summed E-state index contributed by atoms with van der Waals surface area (Å²) >= 11 is 0. The zero-order valence-corrected chi connectivity index (χ0v) is 12.8. The number of benzene rings is 1. The van der Waals surface area contributed by atoms with Gasteiger partial charge < -0.3 is 10.1 Å². The Labute approximate surface area is 128 Å². The van der Waals surface area contributed by atoms with E-state index in [2.05, 4.69) is 10.4 Å². The molecule has 1 aromatic heterocycles. The number of hydrogen-bond acceptors (Lipinski definition) is 3. The molecule has 2 aromatic rings. The summed E-state index contributed by atoms with van der Waals surface area (Å²) in [5, 5.41) is 6.81. The number of amides is 1. The number of ether oxygens (including phenoxy) is 1. The number of anilines is 1. The van der Waals surface area contributed by atoms with Crippen LogP contribution in [0.4, 0.5) is 10.1 Å². The summed E-state index contributed by atoms with van der Waals surface area (Å²) < 4.78 is 20.7. The minimum absolute atomic E-state index is 0.341. The second kappa shape index (κ2) is 6.89. The molecule has 1 aromatic carbocycles. The number of aryl methyl sites for hydroxylation is 2. The van der Waals surface area contributed by atoms with Crippen LogP contribution >= 0.6 is 0 Å². The second-order valence-corrected chi connectivity index (χ2v) is 4.75. The lowest BCUT2D eigenvalue weighted by Gasteiger charge is -2.08. The van der Waals surface area contributed by atoms with Gasteiger partial charge in [0, 0.05) is 17.5 Å². The van der Waals surface area contributed by atoms with Crippen molar-refractivity contribution in [3.8, 4) is 5.69 Å². The number of nitrogens with zero attached hydrogens (tertiary/aromatic N) is 2. The van der Waals surface area contributed by atoms with Gasteiger partial charge >= 0.3 is 0 Å². The maximum atomic E-state index is 14.2. The molecule has 6 heteroatoms. The molecule has 0 aliphatic carbocycles. The predicted octanol–water partition coefficient (Wildman–Crippen LogP) is 3.12. The Kier molecular flexibility index (Phi) is 4.93. The van der Waals surface area contributed by atoms with E-state index in [1.165, 1.54) is 23.1 Å². The van der Waals surface area contributed by atoms with Gasteiger partial charge in [0.05, 0.1) is 18.6 Å². The van der Waals surface area contributed by atoms with Crippen molar-refractivity contribution in [2.45, 2.75) is 20.8 Å². The Morgan fingerprint density at radius 1 is 1.41 bits per heavy atom. The molecule has 0 saturated heterocycles. The molecule has 0 atom stereocenters. The van der Waals surface area contributed by atoms with E-state index in [9.17, 15) is 9.18 Å². The monoisotopic (exact) mass is 303 g/mol. The van der Waals surface area contributed by atoms with Crippen molar-refractivity contribution in [3.05, 3.63) is 53.8 Å². The Bertz CT molecular complexity index is 707. The fourth-order valence-corrected chi connectivity index (χ4v) is 2.02. The van der Waals surface area contributed by atoms with Crippen molar-refractivity contribution in [2.24, 2.45) is 0 Å². The first kappa shape index (κ1) is 15.8. The Morgan fingerprint density at radius 2 is 2.18 bits per heavy atom. The van der Waals surface area contributed by atoms with Crippen molar-refractivity contribution in [3.63, 3.8) is 0 Å². The smallest absolute Gasteiger partial charge is 0.251 e. The largest absolute Gasteiger partial charge is 0.501 e. The first-order valence-corrected chi connectivity index (χ1v) is 6.93. The van der Waals surface area contributed by atoms with E-state index in [1.807, 2.05) is 26.8 Å². The zero-order valence-electron chi connectivity index (χ0n) is 12.8. The van der Waals surface area contributed by atoms with Crippen molar-refractivity contribution in [1.29, 1.82) is 0 Å². The van der Waals surface area contributed by atoms with E-state index >= 15 is 0 Å². The number of halogens is 1. The number of aromatic nitrogens is 2. The summed E-state index contributed by atoms with van der Waals surface area (Å²) in [7, 11) is 0. The molecule has 0 spiro atoms. The van der Waals surface area contributed by atoms with Crippen LogP contribution in [0.15, 0.2) is 36.6 Å². The first-order valence-electron chi connectivity index (χ1n) is 6.93. The predicted molar refractivity (Wildman–Crippen MR) is 82.4 cm³/mol. The van der Waals surface area contributed by atoms with Crippen LogP contribution in [0.1, 0.15) is 18.3 Å². The molecule has 0 bridgehead atoms. The van der Waals surface area contributed by atoms with Crippen LogP contribution in [-0.4, -0.2) is 22.3 Å². The highest BCUT2D eigenvalue weighted by molar-refractivity contribution is 5.99. The highest BCUT2D eigenvalue weighted by Gasteiger charge is 2.10. The fraction of sp³-hybridized carbons (Fsp3) is 0.250. The van der Waals surface area contributed by atoms with Gasteiger partial charge in [-0.1, -0.05) is 0 Å². The molecule has 116 valence electrons. The average Bonchev–Trinajstić information content (AvgIpc) is 2.78. The third-order valence-electron chi connectivity index (χ3n) is 2.94. The van der Waals surface area contributed by atoms with E-state index < -0.39 is 5.82 Å². The minimum Gasteiger partial charge on any atom is -0.501 e. The van der Waals surface area contributed by atoms with Gasteiger partial charge in [0.25, 0.3) is 5.91 Å². The van der Waals surface area contributed by atoms with Crippen LogP contribution in [-0.2, 0) is 9.53 Å². The number of carbonyl (C=O) groups excluding carboxylic acids is 1. The molecule has 0 fully saturated rings. The molecular weight excluding hydrogens is 285 g/mol. The summed E-state index contributed by atoms with van der Waals surface area (Å²) in [6.45, 7) is 6.00. The SMILES string of the molecule is CCO/C=C/C(=O)Nc1ccc(-n2nc(C)cc2C)c(F)c1. The van der Waals surface area contributed by atoms with Crippen LogP contribution in [0.25, 0.3) is 5.69 Å². The van der Waals surface area contributed by atoms with Gasteiger partial charge in [-0.2, -0.15) is 5.10 Å². The van der Waals surface area contributed by atoms with Crippen LogP contribution in [0.5, 0.6) is 0 Å². The summed E-state index contributed by atoms with van der Waals surface area (Å²) in [5.41, 5.74) is 2.37. The summed E-state index contributed by atoms with van der Waals surface area (Å²) in [5.74, 6) is -0.843. The van der Waals surface area contributed by atoms with Crippen molar-refractivity contribution < 1.29 is 13.9 Å².